The summed E-state index contributed by atoms with van der Waals surface area (Å²) in [6.07, 6.45) is 6.27. The first-order valence-corrected chi connectivity index (χ1v) is 12.8. The van der Waals surface area contributed by atoms with E-state index in [1.165, 1.54) is 18.4 Å². The SMILES string of the molecule is O=C(C#Cc1ccccc1)Nc1cccc(CNC(=O)NCc2ccnc3[nH]cc(CN4CCCC4)c23)c1. The van der Waals surface area contributed by atoms with Crippen LogP contribution in [0.2, 0.25) is 0 Å². The molecule has 3 heterocycles. The maximum Gasteiger partial charge on any atom is 0.315 e. The number of amides is 3. The average Bonchev–Trinajstić information content (AvgIpc) is 3.61. The van der Waals surface area contributed by atoms with Gasteiger partial charge in [0.15, 0.2) is 0 Å². The zero-order valence-electron chi connectivity index (χ0n) is 21.1. The number of urea groups is 1. The molecule has 1 saturated heterocycles. The molecule has 0 aliphatic carbocycles. The molecule has 0 saturated carbocycles. The summed E-state index contributed by atoms with van der Waals surface area (Å²) in [5.41, 5.74) is 5.33. The van der Waals surface area contributed by atoms with Crippen molar-refractivity contribution in [3.63, 3.8) is 0 Å². The Balaban J connectivity index is 1.14. The van der Waals surface area contributed by atoms with Gasteiger partial charge in [0.25, 0.3) is 0 Å². The molecule has 0 spiro atoms. The number of aromatic nitrogens is 2. The highest BCUT2D eigenvalue weighted by Crippen LogP contribution is 2.24. The monoisotopic (exact) mass is 506 g/mol. The highest BCUT2D eigenvalue weighted by Gasteiger charge is 2.16. The van der Waals surface area contributed by atoms with Crippen LogP contribution < -0.4 is 16.0 Å². The number of fused-ring (bicyclic) bond motifs is 1. The number of carbonyl (C=O) groups excluding carboxylic acids is 2. The Bertz CT molecular complexity index is 1480. The molecule has 1 fully saturated rings. The van der Waals surface area contributed by atoms with Gasteiger partial charge < -0.3 is 20.9 Å². The number of hydrogen-bond acceptors (Lipinski definition) is 4. The first-order chi connectivity index (χ1) is 18.6. The van der Waals surface area contributed by atoms with Crippen LogP contribution in [-0.4, -0.2) is 39.9 Å². The Morgan fingerprint density at radius 1 is 0.947 bits per heavy atom. The highest BCUT2D eigenvalue weighted by molar-refractivity contribution is 6.04. The first kappa shape index (κ1) is 25.1. The van der Waals surface area contributed by atoms with E-state index in [0.717, 1.165) is 47.4 Å². The van der Waals surface area contributed by atoms with Gasteiger partial charge in [-0.1, -0.05) is 36.3 Å². The second-order valence-corrected chi connectivity index (χ2v) is 9.30. The molecule has 3 amide bonds. The molecule has 0 bridgehead atoms. The summed E-state index contributed by atoms with van der Waals surface area (Å²) in [7, 11) is 0. The minimum absolute atomic E-state index is 0.269. The van der Waals surface area contributed by atoms with Crippen molar-refractivity contribution in [2.45, 2.75) is 32.5 Å². The zero-order valence-corrected chi connectivity index (χ0v) is 21.1. The van der Waals surface area contributed by atoms with E-state index in [4.69, 9.17) is 0 Å². The number of anilines is 1. The summed E-state index contributed by atoms with van der Waals surface area (Å²) in [6, 6.07) is 18.4. The fourth-order valence-electron chi connectivity index (χ4n) is 4.64. The van der Waals surface area contributed by atoms with Crippen molar-refractivity contribution in [1.82, 2.24) is 25.5 Å². The number of nitrogens with one attached hydrogen (secondary N) is 4. The molecule has 192 valence electrons. The van der Waals surface area contributed by atoms with E-state index in [1.54, 1.807) is 12.3 Å². The van der Waals surface area contributed by atoms with Crippen LogP contribution in [0.25, 0.3) is 11.0 Å². The van der Waals surface area contributed by atoms with Crippen molar-refractivity contribution in [2.24, 2.45) is 0 Å². The number of aromatic amines is 1. The number of likely N-dealkylation sites (tertiary alicyclic amines) is 1. The third-order valence-corrected chi connectivity index (χ3v) is 6.51. The molecular weight excluding hydrogens is 476 g/mol. The van der Waals surface area contributed by atoms with E-state index in [0.29, 0.717) is 18.8 Å². The Hall–Kier alpha value is -4.61. The maximum absolute atomic E-state index is 12.6. The van der Waals surface area contributed by atoms with Crippen LogP contribution in [0.3, 0.4) is 0 Å². The molecule has 1 aliphatic rings. The third kappa shape index (κ3) is 6.58. The lowest BCUT2D eigenvalue weighted by Gasteiger charge is -2.15. The van der Waals surface area contributed by atoms with Gasteiger partial charge in [0.1, 0.15) is 5.65 Å². The molecule has 2 aromatic carbocycles. The number of benzene rings is 2. The van der Waals surface area contributed by atoms with E-state index < -0.39 is 5.91 Å². The fourth-order valence-corrected chi connectivity index (χ4v) is 4.64. The van der Waals surface area contributed by atoms with Crippen LogP contribution in [0.1, 0.15) is 35.1 Å². The smallest absolute Gasteiger partial charge is 0.315 e. The largest absolute Gasteiger partial charge is 0.346 e. The van der Waals surface area contributed by atoms with Crippen LogP contribution in [0.15, 0.2) is 73.1 Å². The van der Waals surface area contributed by atoms with Crippen molar-refractivity contribution in [2.75, 3.05) is 18.4 Å². The minimum Gasteiger partial charge on any atom is -0.346 e. The summed E-state index contributed by atoms with van der Waals surface area (Å²) in [5, 5.41) is 9.71. The maximum atomic E-state index is 12.6. The van der Waals surface area contributed by atoms with Gasteiger partial charge in [0.2, 0.25) is 0 Å². The average molecular weight is 507 g/mol. The molecule has 4 aromatic rings. The Morgan fingerprint density at radius 2 is 1.76 bits per heavy atom. The Labute approximate surface area is 221 Å². The quantitative estimate of drug-likeness (QED) is 0.283. The van der Waals surface area contributed by atoms with E-state index in [-0.39, 0.29) is 6.03 Å². The zero-order chi connectivity index (χ0) is 26.2. The van der Waals surface area contributed by atoms with Gasteiger partial charge in [-0.25, -0.2) is 9.78 Å². The lowest BCUT2D eigenvalue weighted by molar-refractivity contribution is -0.111. The molecule has 8 heteroatoms. The molecule has 5 rings (SSSR count). The summed E-state index contributed by atoms with van der Waals surface area (Å²) in [5.74, 6) is 5.04. The molecule has 0 atom stereocenters. The fraction of sp³-hybridized carbons (Fsp3) is 0.233. The number of pyridine rings is 1. The van der Waals surface area contributed by atoms with Crippen molar-refractivity contribution in [1.29, 1.82) is 0 Å². The number of nitrogens with zero attached hydrogens (tertiary/aromatic N) is 2. The van der Waals surface area contributed by atoms with Crippen LogP contribution in [0.5, 0.6) is 0 Å². The normalized spacial score (nSPS) is 13.1. The molecule has 2 aromatic heterocycles. The summed E-state index contributed by atoms with van der Waals surface area (Å²) in [4.78, 5) is 34.9. The number of H-pyrrole nitrogens is 1. The van der Waals surface area contributed by atoms with E-state index in [1.807, 2.05) is 60.8 Å². The van der Waals surface area contributed by atoms with Gasteiger partial charge >= 0.3 is 11.9 Å². The minimum atomic E-state index is -0.394. The summed E-state index contributed by atoms with van der Waals surface area (Å²) < 4.78 is 0. The topological polar surface area (TPSA) is 102 Å². The van der Waals surface area contributed by atoms with Crippen LogP contribution in [0, 0.1) is 11.8 Å². The molecule has 0 unspecified atom stereocenters. The third-order valence-electron chi connectivity index (χ3n) is 6.51. The van der Waals surface area contributed by atoms with Crippen molar-refractivity contribution in [3.8, 4) is 11.8 Å². The van der Waals surface area contributed by atoms with Gasteiger partial charge in [-0.15, -0.1) is 0 Å². The second kappa shape index (κ2) is 12.1. The highest BCUT2D eigenvalue weighted by atomic mass is 16.2. The van der Waals surface area contributed by atoms with Crippen molar-refractivity contribution < 1.29 is 9.59 Å². The van der Waals surface area contributed by atoms with Gasteiger partial charge in [0.05, 0.1) is 0 Å². The lowest BCUT2D eigenvalue weighted by Crippen LogP contribution is -2.34. The second-order valence-electron chi connectivity index (χ2n) is 9.30. The molecule has 0 radical (unpaired) electrons. The van der Waals surface area contributed by atoms with Crippen LogP contribution in [0.4, 0.5) is 10.5 Å². The summed E-state index contributed by atoms with van der Waals surface area (Å²) in [6.45, 7) is 3.84. The Morgan fingerprint density at radius 3 is 2.61 bits per heavy atom. The van der Waals surface area contributed by atoms with E-state index >= 15 is 0 Å². The van der Waals surface area contributed by atoms with Crippen molar-refractivity contribution >= 4 is 28.7 Å². The molecule has 4 N–H and O–H groups in total. The van der Waals surface area contributed by atoms with Gasteiger partial charge in [-0.2, -0.15) is 0 Å². The number of hydrogen-bond donors (Lipinski definition) is 4. The summed E-state index contributed by atoms with van der Waals surface area (Å²) >= 11 is 0. The standard InChI is InChI=1S/C30H30N6O2/c37-27(12-11-22-7-2-1-3-8-22)35-26-10-6-9-23(17-26)18-33-30(38)34-19-24-13-14-31-29-28(24)25(20-32-29)21-36-15-4-5-16-36/h1-3,6-10,13-14,17,20H,4-5,15-16,18-19,21H2,(H,31,32)(H,35,37)(H2,33,34,38). The lowest BCUT2D eigenvalue weighted by atomic mass is 10.1. The van der Waals surface area contributed by atoms with E-state index in [9.17, 15) is 9.59 Å². The van der Waals surface area contributed by atoms with Crippen molar-refractivity contribution in [3.05, 3.63) is 95.3 Å². The van der Waals surface area contributed by atoms with Gasteiger partial charge in [0, 0.05) is 54.6 Å². The van der Waals surface area contributed by atoms with E-state index in [2.05, 4.69) is 42.7 Å². The molecule has 38 heavy (non-hydrogen) atoms. The predicted molar refractivity (Wildman–Crippen MR) is 148 cm³/mol. The first-order valence-electron chi connectivity index (χ1n) is 12.8. The van der Waals surface area contributed by atoms with Gasteiger partial charge in [-0.05, 0) is 73.0 Å². The number of carbonyl (C=O) groups is 2. The predicted octanol–water partition coefficient (Wildman–Crippen LogP) is 4.15. The van der Waals surface area contributed by atoms with Crippen LogP contribution in [-0.2, 0) is 24.4 Å². The Kier molecular flexibility index (Phi) is 7.97. The van der Waals surface area contributed by atoms with Gasteiger partial charge in [-0.3, -0.25) is 9.69 Å². The molecule has 1 aliphatic heterocycles. The van der Waals surface area contributed by atoms with Crippen LogP contribution >= 0.6 is 0 Å². The number of rotatable bonds is 7. The molecular formula is C30H30N6O2. The molecule has 8 nitrogen and oxygen atoms in total.